The summed E-state index contributed by atoms with van der Waals surface area (Å²) in [5.74, 6) is 0.507. The number of aryl methyl sites for hydroxylation is 1. The maximum Gasteiger partial charge on any atom is 0.323 e. The standard InChI is InChI=1S/C18H20N4OS/c1-12-11-24-17(20-12)21-18(23)22-8-6-13(7-9-22)15-10-19-16-5-3-2-4-14(15)16/h2-5,10-11,13,19H,6-9H2,1H3,(H,20,21,23). The summed E-state index contributed by atoms with van der Waals surface area (Å²) in [7, 11) is 0. The van der Waals surface area contributed by atoms with Gasteiger partial charge in [-0.25, -0.2) is 9.78 Å². The van der Waals surface area contributed by atoms with E-state index in [9.17, 15) is 4.79 Å². The molecule has 5 nitrogen and oxygen atoms in total. The van der Waals surface area contributed by atoms with E-state index in [0.29, 0.717) is 11.0 Å². The van der Waals surface area contributed by atoms with Crippen molar-refractivity contribution in [3.8, 4) is 0 Å². The number of nitrogens with one attached hydrogen (secondary N) is 2. The molecule has 6 heteroatoms. The third-order valence-electron chi connectivity index (χ3n) is 4.68. The van der Waals surface area contributed by atoms with Gasteiger partial charge in [0, 0.05) is 35.6 Å². The van der Waals surface area contributed by atoms with Crippen LogP contribution in [0.15, 0.2) is 35.8 Å². The molecule has 0 atom stereocenters. The molecule has 0 saturated carbocycles. The van der Waals surface area contributed by atoms with E-state index in [-0.39, 0.29) is 6.03 Å². The predicted octanol–water partition coefficient (Wildman–Crippen LogP) is 4.34. The number of nitrogens with zero attached hydrogens (tertiary/aromatic N) is 2. The zero-order valence-electron chi connectivity index (χ0n) is 13.6. The van der Waals surface area contributed by atoms with Crippen LogP contribution in [-0.4, -0.2) is 34.0 Å². The van der Waals surface area contributed by atoms with Crippen molar-refractivity contribution in [1.82, 2.24) is 14.9 Å². The van der Waals surface area contributed by atoms with Crippen molar-refractivity contribution in [1.29, 1.82) is 0 Å². The van der Waals surface area contributed by atoms with Crippen molar-refractivity contribution in [3.05, 3.63) is 47.1 Å². The smallest absolute Gasteiger partial charge is 0.323 e. The van der Waals surface area contributed by atoms with Crippen LogP contribution in [0.4, 0.5) is 9.93 Å². The minimum atomic E-state index is -0.0401. The third kappa shape index (κ3) is 2.89. The summed E-state index contributed by atoms with van der Waals surface area (Å²) in [6, 6.07) is 8.37. The number of urea groups is 1. The highest BCUT2D eigenvalue weighted by atomic mass is 32.1. The minimum absolute atomic E-state index is 0.0401. The number of anilines is 1. The molecule has 124 valence electrons. The van der Waals surface area contributed by atoms with Gasteiger partial charge >= 0.3 is 6.03 Å². The number of fused-ring (bicyclic) bond motifs is 1. The average molecular weight is 340 g/mol. The molecule has 24 heavy (non-hydrogen) atoms. The van der Waals surface area contributed by atoms with Crippen LogP contribution in [0, 0.1) is 6.92 Å². The average Bonchev–Trinajstić information content (AvgIpc) is 3.21. The Kier molecular flexibility index (Phi) is 3.98. The van der Waals surface area contributed by atoms with E-state index < -0.39 is 0 Å². The molecule has 1 aliphatic rings. The van der Waals surface area contributed by atoms with E-state index in [2.05, 4.69) is 45.7 Å². The van der Waals surface area contributed by atoms with Gasteiger partial charge in [0.1, 0.15) is 0 Å². The summed E-state index contributed by atoms with van der Waals surface area (Å²) >= 11 is 1.47. The van der Waals surface area contributed by atoms with Crippen molar-refractivity contribution in [2.75, 3.05) is 18.4 Å². The van der Waals surface area contributed by atoms with Crippen LogP contribution in [0.3, 0.4) is 0 Å². The van der Waals surface area contributed by atoms with Gasteiger partial charge in [0.2, 0.25) is 0 Å². The van der Waals surface area contributed by atoms with Crippen LogP contribution >= 0.6 is 11.3 Å². The molecule has 0 radical (unpaired) electrons. The second kappa shape index (κ2) is 6.28. The number of rotatable bonds is 2. The number of hydrogen-bond acceptors (Lipinski definition) is 3. The Bertz CT molecular complexity index is 861. The van der Waals surface area contributed by atoms with E-state index in [0.717, 1.165) is 31.6 Å². The molecule has 0 bridgehead atoms. The number of hydrogen-bond donors (Lipinski definition) is 2. The number of H-pyrrole nitrogens is 1. The molecule has 4 rings (SSSR count). The molecule has 0 spiro atoms. The highest BCUT2D eigenvalue weighted by molar-refractivity contribution is 7.13. The SMILES string of the molecule is Cc1csc(NC(=O)N2CCC(c3c[nH]c4ccccc34)CC2)n1. The highest BCUT2D eigenvalue weighted by Crippen LogP contribution is 2.33. The van der Waals surface area contributed by atoms with Gasteiger partial charge in [-0.1, -0.05) is 18.2 Å². The molecule has 0 aliphatic carbocycles. The Balaban J connectivity index is 1.40. The quantitative estimate of drug-likeness (QED) is 0.729. The summed E-state index contributed by atoms with van der Waals surface area (Å²) in [6.45, 7) is 3.49. The largest absolute Gasteiger partial charge is 0.361 e. The molecule has 3 heterocycles. The topological polar surface area (TPSA) is 61.0 Å². The molecular weight excluding hydrogens is 320 g/mol. The fourth-order valence-electron chi connectivity index (χ4n) is 3.41. The monoisotopic (exact) mass is 340 g/mol. The van der Waals surface area contributed by atoms with Crippen LogP contribution in [0.1, 0.15) is 30.0 Å². The van der Waals surface area contributed by atoms with Crippen LogP contribution < -0.4 is 5.32 Å². The molecule has 0 unspecified atom stereocenters. The molecule has 1 fully saturated rings. The van der Waals surface area contributed by atoms with Crippen molar-refractivity contribution < 1.29 is 4.79 Å². The number of aromatic nitrogens is 2. The van der Waals surface area contributed by atoms with Crippen LogP contribution in [-0.2, 0) is 0 Å². The molecule has 1 aromatic carbocycles. The van der Waals surface area contributed by atoms with E-state index >= 15 is 0 Å². The fraction of sp³-hybridized carbons (Fsp3) is 0.333. The first-order valence-corrected chi connectivity index (χ1v) is 9.13. The van der Waals surface area contributed by atoms with Crippen molar-refractivity contribution >= 4 is 33.4 Å². The first-order valence-electron chi connectivity index (χ1n) is 8.25. The number of aromatic amines is 1. The summed E-state index contributed by atoms with van der Waals surface area (Å²) in [4.78, 5) is 21.9. The number of amides is 2. The minimum Gasteiger partial charge on any atom is -0.361 e. The first kappa shape index (κ1) is 15.2. The number of carbonyl (C=O) groups excluding carboxylic acids is 1. The van der Waals surface area contributed by atoms with E-state index in [1.807, 2.05) is 17.2 Å². The van der Waals surface area contributed by atoms with Gasteiger partial charge < -0.3 is 9.88 Å². The fourth-order valence-corrected chi connectivity index (χ4v) is 4.09. The predicted molar refractivity (Wildman–Crippen MR) is 97.7 cm³/mol. The lowest BCUT2D eigenvalue weighted by Crippen LogP contribution is -2.40. The number of benzene rings is 1. The molecule has 1 saturated heterocycles. The Morgan fingerprint density at radius 3 is 2.88 bits per heavy atom. The van der Waals surface area contributed by atoms with Gasteiger partial charge in [-0.3, -0.25) is 5.32 Å². The molecule has 2 aromatic heterocycles. The molecule has 2 N–H and O–H groups in total. The third-order valence-corrected chi connectivity index (χ3v) is 5.55. The van der Waals surface area contributed by atoms with E-state index in [4.69, 9.17) is 0 Å². The highest BCUT2D eigenvalue weighted by Gasteiger charge is 2.25. The Hall–Kier alpha value is -2.34. The number of piperidine rings is 1. The maximum atomic E-state index is 12.4. The zero-order valence-corrected chi connectivity index (χ0v) is 14.4. The van der Waals surface area contributed by atoms with Crippen molar-refractivity contribution in [2.45, 2.75) is 25.7 Å². The van der Waals surface area contributed by atoms with Gasteiger partial charge in [0.25, 0.3) is 0 Å². The van der Waals surface area contributed by atoms with Gasteiger partial charge in [-0.2, -0.15) is 0 Å². The van der Waals surface area contributed by atoms with Crippen molar-refractivity contribution in [2.24, 2.45) is 0 Å². The Morgan fingerprint density at radius 2 is 2.12 bits per heavy atom. The molecule has 3 aromatic rings. The summed E-state index contributed by atoms with van der Waals surface area (Å²) < 4.78 is 0. The first-order chi connectivity index (χ1) is 11.7. The molecule has 2 amide bonds. The van der Waals surface area contributed by atoms with E-state index in [1.54, 1.807) is 0 Å². The molecule has 1 aliphatic heterocycles. The lowest BCUT2D eigenvalue weighted by Gasteiger charge is -2.31. The second-order valence-corrected chi connectivity index (χ2v) is 7.13. The lowest BCUT2D eigenvalue weighted by atomic mass is 9.89. The van der Waals surface area contributed by atoms with Crippen LogP contribution in [0.5, 0.6) is 0 Å². The maximum absolute atomic E-state index is 12.4. The Morgan fingerprint density at radius 1 is 1.33 bits per heavy atom. The Labute approximate surface area is 144 Å². The normalized spacial score (nSPS) is 15.8. The summed E-state index contributed by atoms with van der Waals surface area (Å²) in [5, 5.41) is 6.82. The van der Waals surface area contributed by atoms with Gasteiger partial charge in [0.15, 0.2) is 5.13 Å². The van der Waals surface area contributed by atoms with Gasteiger partial charge in [-0.05, 0) is 37.3 Å². The number of likely N-dealkylation sites (tertiary alicyclic amines) is 1. The lowest BCUT2D eigenvalue weighted by molar-refractivity contribution is 0.195. The van der Waals surface area contributed by atoms with Crippen molar-refractivity contribution in [3.63, 3.8) is 0 Å². The second-order valence-electron chi connectivity index (χ2n) is 6.28. The summed E-state index contributed by atoms with van der Waals surface area (Å²) in [6.07, 6.45) is 4.11. The number of para-hydroxylation sites is 1. The van der Waals surface area contributed by atoms with Crippen LogP contribution in [0.2, 0.25) is 0 Å². The van der Waals surface area contributed by atoms with Crippen LogP contribution in [0.25, 0.3) is 10.9 Å². The number of thiazole rings is 1. The molecular formula is C18H20N4OS. The zero-order chi connectivity index (χ0) is 16.5. The van der Waals surface area contributed by atoms with E-state index in [1.165, 1.54) is 27.8 Å². The van der Waals surface area contributed by atoms with Gasteiger partial charge in [0.05, 0.1) is 5.69 Å². The van der Waals surface area contributed by atoms with Gasteiger partial charge in [-0.15, -0.1) is 11.3 Å². The summed E-state index contributed by atoms with van der Waals surface area (Å²) in [5.41, 5.74) is 3.50. The number of carbonyl (C=O) groups is 1.